The predicted molar refractivity (Wildman–Crippen MR) is 239 cm³/mol. The number of hydrogen-bond acceptors (Lipinski definition) is 4. The van der Waals surface area contributed by atoms with Crippen molar-refractivity contribution in [2.75, 3.05) is 0 Å². The average Bonchev–Trinajstić information content (AvgIpc) is 3.75. The van der Waals surface area contributed by atoms with Gasteiger partial charge in [-0.25, -0.2) is 0 Å². The van der Waals surface area contributed by atoms with Crippen LogP contribution in [0.15, 0.2) is 109 Å². The van der Waals surface area contributed by atoms with E-state index in [0.717, 1.165) is 22.4 Å². The van der Waals surface area contributed by atoms with E-state index >= 15 is 0 Å². The maximum absolute atomic E-state index is 11.0. The van der Waals surface area contributed by atoms with Gasteiger partial charge in [0.05, 0.1) is 22.6 Å². The van der Waals surface area contributed by atoms with Crippen molar-refractivity contribution in [1.29, 1.82) is 0 Å². The van der Waals surface area contributed by atoms with Crippen LogP contribution in [-0.2, 0) is 24.9 Å². The molecule has 0 saturated carbocycles. The summed E-state index contributed by atoms with van der Waals surface area (Å²) in [5.74, 6) is 1.75. The fraction of sp³-hybridized carbons (Fsp3) is 0.294. The molecule has 1 radical (unpaired) electrons. The summed E-state index contributed by atoms with van der Waals surface area (Å²) in [7, 11) is 0. The summed E-state index contributed by atoms with van der Waals surface area (Å²) in [4.78, 5) is 16.4. The molecule has 0 spiro atoms. The van der Waals surface area contributed by atoms with Crippen LogP contribution in [0, 0.1) is 38.0 Å². The molecule has 0 atom stereocenters. The second-order valence-corrected chi connectivity index (χ2v) is 17.1. The van der Waals surface area contributed by atoms with E-state index in [9.17, 15) is 9.90 Å². The molecule has 0 fully saturated rings. The molecule has 0 saturated heterocycles. The zero-order valence-electron chi connectivity index (χ0n) is 35.1. The molecule has 0 amide bonds. The number of benzene rings is 5. The molecule has 0 unspecified atom stereocenters. The molecule has 5 aromatic carbocycles. The molecule has 2 aromatic heterocycles. The number of aromatic nitrogens is 2. The largest absolute Gasteiger partial charge is 0.512 e. The van der Waals surface area contributed by atoms with Gasteiger partial charge in [0.25, 0.3) is 0 Å². The summed E-state index contributed by atoms with van der Waals surface area (Å²) in [6.07, 6.45) is 1.31. The van der Waals surface area contributed by atoms with Crippen LogP contribution in [0.4, 0.5) is 0 Å². The standard InChI is InChI=1S/C42H39N2S.C9H16O2.Ir/c1-25(2)33-22-32(30-13-9-8-10-14-30)23-34(26(3)4)41(33)44-38-16-12-11-15-37(38)43-42(44)36-24-45-39-18-17-31(21-35(36)39)40-28(6)19-27(5)20-29(40)7;1-6(2)8(10)5-9(11)7(3)4;/h8-23,25-26H,1-7H3;5-7,10H,1-4H3;/q-1;;/b;8-5-;. The van der Waals surface area contributed by atoms with Gasteiger partial charge >= 0.3 is 0 Å². The van der Waals surface area contributed by atoms with E-state index in [-0.39, 0.29) is 43.5 Å². The van der Waals surface area contributed by atoms with Crippen LogP contribution in [0.1, 0.15) is 95.0 Å². The van der Waals surface area contributed by atoms with E-state index in [1.165, 1.54) is 71.9 Å². The van der Waals surface area contributed by atoms with Crippen molar-refractivity contribution in [3.05, 3.63) is 142 Å². The second kappa shape index (κ2) is 18.3. The first-order valence-corrected chi connectivity index (χ1v) is 20.7. The van der Waals surface area contributed by atoms with Gasteiger partial charge in [0.2, 0.25) is 0 Å². The number of carbonyl (C=O) groups excluding carboxylic acids is 1. The number of hydrogen-bond donors (Lipinski definition) is 1. The van der Waals surface area contributed by atoms with Crippen LogP contribution < -0.4 is 0 Å². The molecule has 0 bridgehead atoms. The van der Waals surface area contributed by atoms with E-state index in [1.54, 1.807) is 11.3 Å². The number of allylic oxidation sites excluding steroid dienone is 2. The third-order valence-corrected chi connectivity index (χ3v) is 11.3. The van der Waals surface area contributed by atoms with Crippen LogP contribution in [0.25, 0.3) is 60.4 Å². The number of nitrogens with zero attached hydrogens (tertiary/aromatic N) is 2. The van der Waals surface area contributed by atoms with Crippen LogP contribution in [0.2, 0.25) is 0 Å². The minimum atomic E-state index is -0.0316. The van der Waals surface area contributed by atoms with Gasteiger partial charge < -0.3 is 9.67 Å². The van der Waals surface area contributed by atoms with E-state index in [2.05, 4.69) is 155 Å². The third kappa shape index (κ3) is 9.25. The number of fused-ring (bicyclic) bond motifs is 2. The van der Waals surface area contributed by atoms with Crippen molar-refractivity contribution in [2.24, 2.45) is 11.8 Å². The van der Waals surface area contributed by atoms with Crippen molar-refractivity contribution < 1.29 is 30.0 Å². The Hall–Kier alpha value is -4.61. The first kappa shape index (κ1) is 43.5. The summed E-state index contributed by atoms with van der Waals surface area (Å²) in [5, 5.41) is 14.1. The zero-order valence-corrected chi connectivity index (χ0v) is 38.3. The van der Waals surface area contributed by atoms with Crippen molar-refractivity contribution in [3.63, 3.8) is 0 Å². The first-order valence-electron chi connectivity index (χ1n) is 19.8. The SMILES string of the molecule is CC(C)C(=O)/C=C(\O)C(C)C.Cc1cc(C)c(-c2ccc3s[c-]c(-c4nc5ccccc5n4-c4c(C(C)C)cc(-c5ccccc5)cc4C(C)C)c3c2)c(C)c1.[Ir]. The van der Waals surface area contributed by atoms with E-state index in [1.807, 2.05) is 27.7 Å². The molecule has 2 heterocycles. The molecule has 297 valence electrons. The van der Waals surface area contributed by atoms with Gasteiger partial charge in [0.15, 0.2) is 5.78 Å². The Balaban J connectivity index is 0.000000454. The average molecular weight is 952 g/mol. The van der Waals surface area contributed by atoms with E-state index < -0.39 is 0 Å². The quantitative estimate of drug-likeness (QED) is 0.0891. The van der Waals surface area contributed by atoms with Crippen molar-refractivity contribution >= 4 is 38.2 Å². The van der Waals surface area contributed by atoms with E-state index in [0.29, 0.717) is 11.8 Å². The summed E-state index contributed by atoms with van der Waals surface area (Å²) < 4.78 is 3.66. The number of ketones is 1. The minimum absolute atomic E-state index is 0. The topological polar surface area (TPSA) is 55.1 Å². The Morgan fingerprint density at radius 3 is 1.89 bits per heavy atom. The summed E-state index contributed by atoms with van der Waals surface area (Å²) in [5.41, 5.74) is 16.1. The zero-order chi connectivity index (χ0) is 40.4. The smallest absolute Gasteiger partial charge is 0.161 e. The fourth-order valence-corrected chi connectivity index (χ4v) is 8.27. The van der Waals surface area contributed by atoms with Crippen molar-refractivity contribution in [1.82, 2.24) is 9.55 Å². The molecule has 7 aromatic rings. The molecular weight excluding hydrogens is 897 g/mol. The molecule has 1 N–H and O–H groups in total. The van der Waals surface area contributed by atoms with Crippen molar-refractivity contribution in [3.8, 4) is 39.3 Å². The summed E-state index contributed by atoms with van der Waals surface area (Å²) in [6, 6.07) is 35.6. The minimum Gasteiger partial charge on any atom is -0.512 e. The van der Waals surface area contributed by atoms with Gasteiger partial charge in [0.1, 0.15) is 0 Å². The molecule has 0 aliphatic rings. The van der Waals surface area contributed by atoms with Gasteiger partial charge in [-0.3, -0.25) is 21.1 Å². The molecule has 6 heteroatoms. The molecule has 57 heavy (non-hydrogen) atoms. The predicted octanol–water partition coefficient (Wildman–Crippen LogP) is 14.5. The van der Waals surface area contributed by atoms with Gasteiger partial charge in [-0.15, -0.1) is 5.39 Å². The summed E-state index contributed by atoms with van der Waals surface area (Å²) >= 11 is 1.68. The fourth-order valence-electron chi connectivity index (χ4n) is 7.45. The number of imidazole rings is 1. The van der Waals surface area contributed by atoms with Crippen LogP contribution in [-0.4, -0.2) is 20.4 Å². The molecule has 0 aliphatic carbocycles. The maximum atomic E-state index is 11.0. The Morgan fingerprint density at radius 1 is 0.719 bits per heavy atom. The normalized spacial score (nSPS) is 11.8. The van der Waals surface area contributed by atoms with Crippen LogP contribution in [0.3, 0.4) is 0 Å². The Kier molecular flexibility index (Phi) is 14.0. The Morgan fingerprint density at radius 2 is 1.32 bits per heavy atom. The molecule has 4 nitrogen and oxygen atoms in total. The number of rotatable bonds is 9. The van der Waals surface area contributed by atoms with Crippen molar-refractivity contribution in [2.45, 2.75) is 88.0 Å². The van der Waals surface area contributed by atoms with Gasteiger partial charge in [0, 0.05) is 43.7 Å². The number of aryl methyl sites for hydroxylation is 3. The number of aliphatic hydroxyl groups excluding tert-OH is 1. The second-order valence-electron chi connectivity index (χ2n) is 16.3. The number of aliphatic hydroxyl groups is 1. The molecular formula is C51H55IrN2O2S-. The Labute approximate surface area is 357 Å². The van der Waals surface area contributed by atoms with Gasteiger partial charge in [-0.1, -0.05) is 149 Å². The van der Waals surface area contributed by atoms with E-state index in [4.69, 9.17) is 4.98 Å². The maximum Gasteiger partial charge on any atom is 0.161 e. The molecule has 0 aliphatic heterocycles. The first-order chi connectivity index (χ1) is 26.7. The van der Waals surface area contributed by atoms with Gasteiger partial charge in [-0.2, -0.15) is 0 Å². The Bertz CT molecular complexity index is 2500. The monoisotopic (exact) mass is 952 g/mol. The van der Waals surface area contributed by atoms with Crippen LogP contribution in [0.5, 0.6) is 0 Å². The van der Waals surface area contributed by atoms with Crippen LogP contribution >= 0.6 is 11.3 Å². The number of thiophene rings is 1. The molecule has 7 rings (SSSR count). The number of carbonyl (C=O) groups is 1. The summed E-state index contributed by atoms with van der Waals surface area (Å²) in [6.45, 7) is 23.2. The van der Waals surface area contributed by atoms with Gasteiger partial charge in [-0.05, 0) is 101 Å². The number of para-hydroxylation sites is 2. The third-order valence-electron chi connectivity index (χ3n) is 10.5.